The van der Waals surface area contributed by atoms with Gasteiger partial charge in [-0.3, -0.25) is 0 Å². The van der Waals surface area contributed by atoms with Crippen LogP contribution in [0.3, 0.4) is 0 Å². The molecule has 0 radical (unpaired) electrons. The molecule has 0 amide bonds. The number of rotatable bonds is 5. The van der Waals surface area contributed by atoms with E-state index in [9.17, 15) is 8.42 Å². The van der Waals surface area contributed by atoms with Crippen LogP contribution in [0.1, 0.15) is 12.8 Å². The molecule has 0 spiro atoms. The van der Waals surface area contributed by atoms with E-state index in [1.807, 2.05) is 4.90 Å². The summed E-state index contributed by atoms with van der Waals surface area (Å²) in [6.45, 7) is 1.66. The first-order valence-corrected chi connectivity index (χ1v) is 8.54. The lowest BCUT2D eigenvalue weighted by atomic mass is 10.1. The van der Waals surface area contributed by atoms with Crippen molar-refractivity contribution in [1.29, 1.82) is 0 Å². The van der Waals surface area contributed by atoms with Crippen LogP contribution in [-0.2, 0) is 14.6 Å². The second-order valence-corrected chi connectivity index (χ2v) is 6.89. The Morgan fingerprint density at radius 3 is 3.05 bits per heavy atom. The van der Waals surface area contributed by atoms with E-state index in [1.165, 1.54) is 6.26 Å². The first kappa shape index (κ1) is 15.2. The van der Waals surface area contributed by atoms with E-state index in [4.69, 9.17) is 9.84 Å². The highest BCUT2D eigenvalue weighted by atomic mass is 32.2. The lowest BCUT2D eigenvalue weighted by Crippen LogP contribution is -2.41. The second-order valence-electron chi connectivity index (χ2n) is 4.90. The molecule has 112 valence electrons. The van der Waals surface area contributed by atoms with Crippen LogP contribution in [0.25, 0.3) is 0 Å². The smallest absolute Gasteiger partial charge is 0.179 e. The first-order valence-electron chi connectivity index (χ1n) is 6.65. The Balaban J connectivity index is 2.19. The third kappa shape index (κ3) is 3.68. The fourth-order valence-corrected chi connectivity index (χ4v) is 3.23. The molecule has 0 saturated carbocycles. The maximum Gasteiger partial charge on any atom is 0.179 e. The minimum absolute atomic E-state index is 0.00492. The number of aromatic nitrogens is 1. The molecule has 0 bridgehead atoms. The van der Waals surface area contributed by atoms with Gasteiger partial charge in [0.2, 0.25) is 0 Å². The molecule has 20 heavy (non-hydrogen) atoms. The van der Waals surface area contributed by atoms with Crippen LogP contribution < -0.4 is 4.90 Å². The molecule has 1 saturated heterocycles. The van der Waals surface area contributed by atoms with Gasteiger partial charge in [-0.1, -0.05) is 0 Å². The summed E-state index contributed by atoms with van der Waals surface area (Å²) < 4.78 is 29.2. The summed E-state index contributed by atoms with van der Waals surface area (Å²) in [4.78, 5) is 6.42. The van der Waals surface area contributed by atoms with Gasteiger partial charge in [0.05, 0.1) is 19.3 Å². The van der Waals surface area contributed by atoms with Crippen molar-refractivity contribution >= 4 is 15.7 Å². The molecule has 0 aliphatic carbocycles. The zero-order valence-corrected chi connectivity index (χ0v) is 12.3. The number of nitrogens with zero attached hydrogens (tertiary/aromatic N) is 2. The first-order chi connectivity index (χ1) is 9.52. The quantitative estimate of drug-likeness (QED) is 0.851. The van der Waals surface area contributed by atoms with Crippen LogP contribution in [0.4, 0.5) is 5.82 Å². The van der Waals surface area contributed by atoms with E-state index in [2.05, 4.69) is 4.98 Å². The Bertz CT molecular complexity index is 547. The number of anilines is 1. The fraction of sp³-hybridized carbons (Fsp3) is 0.615. The Morgan fingerprint density at radius 1 is 1.55 bits per heavy atom. The van der Waals surface area contributed by atoms with Gasteiger partial charge in [-0.2, -0.15) is 0 Å². The van der Waals surface area contributed by atoms with Gasteiger partial charge in [-0.05, 0) is 25.0 Å². The highest BCUT2D eigenvalue weighted by Gasteiger charge is 2.25. The average molecular weight is 300 g/mol. The van der Waals surface area contributed by atoms with Crippen LogP contribution in [0.5, 0.6) is 0 Å². The van der Waals surface area contributed by atoms with Gasteiger partial charge in [0.15, 0.2) is 9.84 Å². The summed E-state index contributed by atoms with van der Waals surface area (Å²) >= 11 is 0. The van der Waals surface area contributed by atoms with Gasteiger partial charge in [-0.15, -0.1) is 0 Å². The van der Waals surface area contributed by atoms with Crippen molar-refractivity contribution in [3.05, 3.63) is 18.3 Å². The monoisotopic (exact) mass is 300 g/mol. The van der Waals surface area contributed by atoms with Crippen LogP contribution >= 0.6 is 0 Å². The summed E-state index contributed by atoms with van der Waals surface area (Å²) in [7, 11) is -3.30. The van der Waals surface area contributed by atoms with Gasteiger partial charge in [-0.25, -0.2) is 13.4 Å². The fourth-order valence-electron chi connectivity index (χ4n) is 2.40. The Hall–Kier alpha value is -1.18. The predicted octanol–water partition coefficient (Wildman–Crippen LogP) is 0.463. The van der Waals surface area contributed by atoms with Gasteiger partial charge < -0.3 is 14.7 Å². The van der Waals surface area contributed by atoms with Crippen molar-refractivity contribution in [3.8, 4) is 0 Å². The van der Waals surface area contributed by atoms with E-state index in [1.54, 1.807) is 18.3 Å². The van der Waals surface area contributed by atoms with Crippen molar-refractivity contribution in [2.45, 2.75) is 23.8 Å². The Labute approximate surface area is 119 Å². The molecule has 6 nitrogen and oxygen atoms in total. The maximum atomic E-state index is 11.8. The van der Waals surface area contributed by atoms with Crippen LogP contribution in [-0.4, -0.2) is 57.2 Å². The minimum Gasteiger partial charge on any atom is -0.394 e. The van der Waals surface area contributed by atoms with Crippen LogP contribution in [0.2, 0.25) is 0 Å². The lowest BCUT2D eigenvalue weighted by Gasteiger charge is -2.34. The summed E-state index contributed by atoms with van der Waals surface area (Å²) in [5.74, 6) is 0.493. The zero-order valence-electron chi connectivity index (χ0n) is 11.5. The molecule has 1 aliphatic heterocycles. The van der Waals surface area contributed by atoms with Crippen molar-refractivity contribution in [2.24, 2.45) is 0 Å². The number of aliphatic hydroxyl groups is 1. The highest BCUT2D eigenvalue weighted by molar-refractivity contribution is 7.90. The third-order valence-electron chi connectivity index (χ3n) is 3.27. The van der Waals surface area contributed by atoms with Crippen molar-refractivity contribution in [3.63, 3.8) is 0 Å². The summed E-state index contributed by atoms with van der Waals surface area (Å²) in [6, 6.07) is 3.21. The molecule has 1 unspecified atom stereocenters. The summed E-state index contributed by atoms with van der Waals surface area (Å²) in [6.07, 6.45) is 4.62. The van der Waals surface area contributed by atoms with E-state index < -0.39 is 9.84 Å². The number of piperidine rings is 1. The Morgan fingerprint density at radius 2 is 2.35 bits per heavy atom. The molecule has 1 aromatic rings. The number of hydrogen-bond acceptors (Lipinski definition) is 6. The number of sulfone groups is 1. The molecular formula is C13H20N2O4S. The standard InChI is InChI=1S/C13H20N2O4S/c1-20(17,18)12-5-2-6-14-13(12)15-7-3-4-11(10-15)19-9-8-16/h2,5-6,11,16H,3-4,7-10H2,1H3. The lowest BCUT2D eigenvalue weighted by molar-refractivity contribution is 0.0213. The van der Waals surface area contributed by atoms with Crippen LogP contribution in [0.15, 0.2) is 23.2 Å². The summed E-state index contributed by atoms with van der Waals surface area (Å²) in [5.41, 5.74) is 0. The molecule has 2 heterocycles. The number of hydrogen-bond donors (Lipinski definition) is 1. The SMILES string of the molecule is CS(=O)(=O)c1cccnc1N1CCCC(OCCO)C1. The van der Waals surface area contributed by atoms with Gasteiger partial charge in [0.25, 0.3) is 0 Å². The average Bonchev–Trinajstić information content (AvgIpc) is 2.44. The zero-order chi connectivity index (χ0) is 14.6. The molecule has 1 atom stereocenters. The van der Waals surface area contributed by atoms with E-state index in [0.29, 0.717) is 19.0 Å². The van der Waals surface area contributed by atoms with Crippen LogP contribution in [0, 0.1) is 0 Å². The third-order valence-corrected chi connectivity index (χ3v) is 4.39. The predicted molar refractivity (Wildman–Crippen MR) is 75.6 cm³/mol. The molecule has 1 aliphatic rings. The molecule has 0 aromatic carbocycles. The molecule has 1 aromatic heterocycles. The molecule has 1 fully saturated rings. The Kier molecular flexibility index (Phi) is 4.95. The minimum atomic E-state index is -3.30. The topological polar surface area (TPSA) is 79.7 Å². The van der Waals surface area contributed by atoms with Crippen molar-refractivity contribution in [2.75, 3.05) is 37.5 Å². The van der Waals surface area contributed by atoms with E-state index in [-0.39, 0.29) is 17.6 Å². The highest BCUT2D eigenvalue weighted by Crippen LogP contribution is 2.26. The molecule has 1 N–H and O–H groups in total. The normalized spacial score (nSPS) is 20.1. The van der Waals surface area contributed by atoms with Crippen molar-refractivity contribution < 1.29 is 18.3 Å². The number of aliphatic hydroxyl groups excluding tert-OH is 1. The number of ether oxygens (including phenoxy) is 1. The summed E-state index contributed by atoms with van der Waals surface area (Å²) in [5, 5.41) is 8.80. The molecule has 7 heteroatoms. The molecular weight excluding hydrogens is 280 g/mol. The van der Waals surface area contributed by atoms with Gasteiger partial charge in [0, 0.05) is 25.5 Å². The van der Waals surface area contributed by atoms with Crippen molar-refractivity contribution in [1.82, 2.24) is 4.98 Å². The van der Waals surface area contributed by atoms with Gasteiger partial charge in [0.1, 0.15) is 10.7 Å². The molecule has 2 rings (SSSR count). The maximum absolute atomic E-state index is 11.8. The van der Waals surface area contributed by atoms with E-state index >= 15 is 0 Å². The second kappa shape index (κ2) is 6.51. The van der Waals surface area contributed by atoms with E-state index in [0.717, 1.165) is 19.4 Å². The van der Waals surface area contributed by atoms with Gasteiger partial charge >= 0.3 is 0 Å². The largest absolute Gasteiger partial charge is 0.394 e. The number of pyridine rings is 1.